The summed E-state index contributed by atoms with van der Waals surface area (Å²) in [7, 11) is 5.34. The maximum atomic E-state index is 5.67. The predicted molar refractivity (Wildman–Crippen MR) is 89.3 cm³/mol. The second-order valence-corrected chi connectivity index (χ2v) is 5.82. The van der Waals surface area contributed by atoms with E-state index < -0.39 is 0 Å². The summed E-state index contributed by atoms with van der Waals surface area (Å²) in [5.74, 6) is 4.29. The maximum absolute atomic E-state index is 5.67. The number of allylic oxidation sites excluding steroid dienone is 4. The lowest BCUT2D eigenvalue weighted by Crippen LogP contribution is -2.14. The Labute approximate surface area is 120 Å². The molecule has 1 aromatic rings. The van der Waals surface area contributed by atoms with Crippen molar-refractivity contribution in [1.82, 2.24) is 4.31 Å². The summed E-state index contributed by atoms with van der Waals surface area (Å²) in [6.07, 6.45) is 2.73. The number of hydrogen-bond donors (Lipinski definition) is 0. The zero-order valence-electron chi connectivity index (χ0n) is 11.7. The summed E-state index contributed by atoms with van der Waals surface area (Å²) in [5.41, 5.74) is 2.58. The van der Waals surface area contributed by atoms with Crippen LogP contribution in [0.1, 0.15) is 20.3 Å². The van der Waals surface area contributed by atoms with Crippen molar-refractivity contribution in [1.29, 1.82) is 0 Å². The molecule has 0 spiro atoms. The van der Waals surface area contributed by atoms with E-state index in [9.17, 15) is 0 Å². The Bertz CT molecular complexity index is 517. The third-order valence-corrected chi connectivity index (χ3v) is 4.45. The Morgan fingerprint density at radius 1 is 1.32 bits per heavy atom. The molecule has 0 bridgehead atoms. The molecule has 1 rings (SSSR count). The van der Waals surface area contributed by atoms with Gasteiger partial charge in [0.05, 0.1) is 0 Å². The van der Waals surface area contributed by atoms with Gasteiger partial charge in [-0.05, 0) is 31.6 Å². The van der Waals surface area contributed by atoms with Crippen LogP contribution in [0.25, 0.3) is 0 Å². The number of benzene rings is 1. The van der Waals surface area contributed by atoms with Gasteiger partial charge >= 0.3 is 0 Å². The highest BCUT2D eigenvalue weighted by Crippen LogP contribution is 2.36. The van der Waals surface area contributed by atoms with E-state index in [1.54, 1.807) is 0 Å². The van der Waals surface area contributed by atoms with E-state index in [0.717, 1.165) is 17.8 Å². The van der Waals surface area contributed by atoms with Gasteiger partial charge < -0.3 is 0 Å². The van der Waals surface area contributed by atoms with Crippen molar-refractivity contribution in [3.8, 4) is 0 Å². The fraction of sp³-hybridized carbons (Fsp3) is 0.188. The first-order chi connectivity index (χ1) is 8.97. The highest BCUT2D eigenvalue weighted by molar-refractivity contribution is 8.12. The fourth-order valence-corrected chi connectivity index (χ4v) is 3.26. The molecular weight excluding hydrogens is 249 g/mol. The molecule has 3 heteroatoms. The molecule has 0 aliphatic rings. The first-order valence-electron chi connectivity index (χ1n) is 6.17. The van der Waals surface area contributed by atoms with Gasteiger partial charge in [0.15, 0.2) is 0 Å². The molecule has 1 atom stereocenters. The van der Waals surface area contributed by atoms with Crippen molar-refractivity contribution in [2.45, 2.75) is 25.2 Å². The molecule has 1 aromatic carbocycles. The normalized spacial score (nSPS) is 12.8. The first kappa shape index (κ1) is 15.6. The lowest BCUT2D eigenvalue weighted by Gasteiger charge is -2.30. The summed E-state index contributed by atoms with van der Waals surface area (Å²) >= 11 is 0. The van der Waals surface area contributed by atoms with Gasteiger partial charge in [0.25, 0.3) is 0 Å². The standard InChI is InChI=1S/C16H20BNS/c1-6-14(3)18(15(4)12-13(2)17)19(5)16-10-8-7-9-11-16/h7-12H,2-3,5-6H2,1,4H3/b15-12+. The van der Waals surface area contributed by atoms with Crippen molar-refractivity contribution >= 4 is 24.4 Å². The molecule has 0 N–H and O–H groups in total. The highest BCUT2D eigenvalue weighted by atomic mass is 32.2. The summed E-state index contributed by atoms with van der Waals surface area (Å²) in [5, 5.41) is 0. The molecule has 0 fully saturated rings. The Morgan fingerprint density at radius 3 is 2.37 bits per heavy atom. The van der Waals surface area contributed by atoms with Crippen molar-refractivity contribution < 1.29 is 0 Å². The monoisotopic (exact) mass is 269 g/mol. The van der Waals surface area contributed by atoms with Gasteiger partial charge in [-0.15, -0.1) is 12.1 Å². The second-order valence-electron chi connectivity index (χ2n) is 4.25. The Balaban J connectivity index is 3.15. The van der Waals surface area contributed by atoms with Crippen LogP contribution in [0.2, 0.25) is 0 Å². The molecule has 0 aliphatic heterocycles. The minimum Gasteiger partial charge on any atom is -0.296 e. The minimum atomic E-state index is -0.329. The number of rotatable bonds is 6. The quantitative estimate of drug-likeness (QED) is 0.418. The summed E-state index contributed by atoms with van der Waals surface area (Å²) in [6.45, 7) is 11.9. The molecule has 0 saturated heterocycles. The molecule has 1 unspecified atom stereocenters. The third kappa shape index (κ3) is 4.28. The van der Waals surface area contributed by atoms with Crippen molar-refractivity contribution in [3.05, 3.63) is 66.4 Å². The highest BCUT2D eigenvalue weighted by Gasteiger charge is 2.12. The molecular formula is C16H20BNS. The molecule has 98 valence electrons. The zero-order valence-corrected chi connectivity index (χ0v) is 12.5. The van der Waals surface area contributed by atoms with Crippen LogP contribution in [-0.2, 0) is 0 Å². The smallest absolute Gasteiger partial charge is 0.113 e. The lowest BCUT2D eigenvalue weighted by atomic mass is 9.97. The van der Waals surface area contributed by atoms with Crippen LogP contribution < -0.4 is 0 Å². The molecule has 19 heavy (non-hydrogen) atoms. The van der Waals surface area contributed by atoms with E-state index in [0.29, 0.717) is 5.47 Å². The van der Waals surface area contributed by atoms with Crippen LogP contribution in [0.4, 0.5) is 0 Å². The fourth-order valence-electron chi connectivity index (χ4n) is 1.73. The van der Waals surface area contributed by atoms with Crippen LogP contribution in [0.3, 0.4) is 0 Å². The van der Waals surface area contributed by atoms with Gasteiger partial charge in [0.1, 0.15) is 7.85 Å². The largest absolute Gasteiger partial charge is 0.296 e. The van der Waals surface area contributed by atoms with Gasteiger partial charge in [0, 0.05) is 16.3 Å². The van der Waals surface area contributed by atoms with Gasteiger partial charge in [-0.2, -0.15) is 0 Å². The van der Waals surface area contributed by atoms with Gasteiger partial charge in [-0.3, -0.25) is 4.31 Å². The molecule has 0 amide bonds. The molecule has 0 aromatic heterocycles. The van der Waals surface area contributed by atoms with Crippen LogP contribution in [0.15, 0.2) is 71.3 Å². The average molecular weight is 269 g/mol. The maximum Gasteiger partial charge on any atom is 0.113 e. The number of hydrogen-bond acceptors (Lipinski definition) is 1. The van der Waals surface area contributed by atoms with E-state index in [1.807, 2.05) is 31.2 Å². The Hall–Kier alpha value is -1.48. The Morgan fingerprint density at radius 2 is 1.89 bits per heavy atom. The molecule has 0 saturated carbocycles. The zero-order chi connectivity index (χ0) is 14.4. The van der Waals surface area contributed by atoms with E-state index in [1.165, 1.54) is 4.90 Å². The number of nitrogens with zero attached hydrogens (tertiary/aromatic N) is 1. The van der Waals surface area contributed by atoms with Gasteiger partial charge in [-0.1, -0.05) is 48.2 Å². The predicted octanol–water partition coefficient (Wildman–Crippen LogP) is 4.47. The van der Waals surface area contributed by atoms with Crippen molar-refractivity contribution in [2.24, 2.45) is 0 Å². The van der Waals surface area contributed by atoms with E-state index in [2.05, 4.69) is 42.4 Å². The lowest BCUT2D eigenvalue weighted by molar-refractivity contribution is 0.670. The van der Waals surface area contributed by atoms with Crippen LogP contribution in [0.5, 0.6) is 0 Å². The molecule has 1 nitrogen and oxygen atoms in total. The molecule has 2 radical (unpaired) electrons. The summed E-state index contributed by atoms with van der Waals surface area (Å²) < 4.78 is 2.13. The first-order valence-corrected chi connectivity index (χ1v) is 7.52. The van der Waals surface area contributed by atoms with Gasteiger partial charge in [0.2, 0.25) is 0 Å². The van der Waals surface area contributed by atoms with E-state index in [4.69, 9.17) is 7.85 Å². The van der Waals surface area contributed by atoms with Crippen molar-refractivity contribution in [2.75, 3.05) is 0 Å². The third-order valence-electron chi connectivity index (χ3n) is 2.65. The van der Waals surface area contributed by atoms with Crippen molar-refractivity contribution in [3.63, 3.8) is 0 Å². The SMILES string of the molecule is [B]C(=C)/C=C(\C)N(C(=C)CC)S(=C)c1ccccc1. The van der Waals surface area contributed by atoms with Crippen LogP contribution in [0, 0.1) is 0 Å². The summed E-state index contributed by atoms with van der Waals surface area (Å²) in [6, 6.07) is 10.2. The van der Waals surface area contributed by atoms with Crippen LogP contribution >= 0.6 is 10.7 Å². The average Bonchev–Trinajstić information content (AvgIpc) is 2.38. The van der Waals surface area contributed by atoms with E-state index in [-0.39, 0.29) is 10.7 Å². The van der Waals surface area contributed by atoms with Gasteiger partial charge in [-0.25, -0.2) is 0 Å². The van der Waals surface area contributed by atoms with Crippen LogP contribution in [-0.4, -0.2) is 18.0 Å². The topological polar surface area (TPSA) is 3.24 Å². The molecule has 0 aliphatic carbocycles. The second kappa shape index (κ2) is 7.20. The molecule has 0 heterocycles. The minimum absolute atomic E-state index is 0.329. The Kier molecular flexibility index (Phi) is 5.90. The van der Waals surface area contributed by atoms with E-state index >= 15 is 0 Å². The summed E-state index contributed by atoms with van der Waals surface area (Å²) in [4.78, 5) is 1.17.